The topological polar surface area (TPSA) is 27.7 Å². The zero-order valence-corrected chi connectivity index (χ0v) is 8.91. The van der Waals surface area contributed by atoms with Gasteiger partial charge in [0.15, 0.2) is 0 Å². The van der Waals surface area contributed by atoms with Gasteiger partial charge in [0.05, 0.1) is 6.42 Å². The Hall–Kier alpha value is 0.750. The lowest BCUT2D eigenvalue weighted by Crippen LogP contribution is -2.57. The number of rotatable bonds is 2. The number of hydrogen-bond donors (Lipinski definition) is 0. The molecule has 0 radical (unpaired) electrons. The molecule has 1 unspecified atom stereocenters. The second-order valence-corrected chi connectivity index (χ2v) is 4.81. The number of alkyl halides is 3. The third-order valence-corrected chi connectivity index (χ3v) is 2.47. The van der Waals surface area contributed by atoms with Gasteiger partial charge in [-0.15, -0.1) is 0 Å². The summed E-state index contributed by atoms with van der Waals surface area (Å²) in [5, 5.41) is 0. The molecule has 6 heteroatoms. The summed E-state index contributed by atoms with van der Waals surface area (Å²) in [6, 6.07) is 0. The molecule has 0 amide bonds. The van der Waals surface area contributed by atoms with Gasteiger partial charge < -0.3 is 14.2 Å². The van der Waals surface area contributed by atoms with Gasteiger partial charge in [-0.2, -0.15) is 0 Å². The molecule has 1 aliphatic heterocycles. The van der Waals surface area contributed by atoms with Crippen molar-refractivity contribution in [2.24, 2.45) is 0 Å². The molecule has 0 bridgehead atoms. The Morgan fingerprint density at radius 1 is 1.33 bits per heavy atom. The molecule has 1 saturated heterocycles. The maximum Gasteiger partial charge on any atom is 0.285 e. The summed E-state index contributed by atoms with van der Waals surface area (Å²) >= 11 is 16.7. The van der Waals surface area contributed by atoms with E-state index in [1.54, 1.807) is 0 Å². The van der Waals surface area contributed by atoms with Crippen LogP contribution in [0.25, 0.3) is 0 Å². The van der Waals surface area contributed by atoms with Crippen molar-refractivity contribution in [2.45, 2.75) is 22.3 Å². The smallest absolute Gasteiger partial charge is 0.285 e. The van der Waals surface area contributed by atoms with Gasteiger partial charge >= 0.3 is 0 Å². The number of hydrogen-bond acceptors (Lipinski definition) is 3. The van der Waals surface area contributed by atoms with Crippen LogP contribution in [0.2, 0.25) is 0 Å². The van der Waals surface area contributed by atoms with Gasteiger partial charge in [0.1, 0.15) is 6.10 Å². The second-order valence-electron chi connectivity index (χ2n) is 2.44. The first kappa shape index (κ1) is 10.8. The predicted octanol–water partition coefficient (Wildman–Crippen LogP) is 2.09. The molecule has 12 heavy (non-hydrogen) atoms. The fourth-order valence-corrected chi connectivity index (χ4v) is 1.33. The Bertz CT molecular complexity index is 156. The van der Waals surface area contributed by atoms with Crippen LogP contribution < -0.4 is 0 Å². The van der Waals surface area contributed by atoms with Gasteiger partial charge in [-0.1, -0.05) is 34.8 Å². The highest BCUT2D eigenvalue weighted by Crippen LogP contribution is 2.46. The highest BCUT2D eigenvalue weighted by atomic mass is 35.6. The van der Waals surface area contributed by atoms with Gasteiger partial charge in [0.25, 0.3) is 5.97 Å². The summed E-state index contributed by atoms with van der Waals surface area (Å²) in [6.45, 7) is 0. The summed E-state index contributed by atoms with van der Waals surface area (Å²) in [4.78, 5) is 0. The molecule has 0 aromatic heterocycles. The van der Waals surface area contributed by atoms with Crippen LogP contribution in [-0.2, 0) is 14.2 Å². The lowest BCUT2D eigenvalue weighted by atomic mass is 10.1. The van der Waals surface area contributed by atoms with Crippen LogP contribution in [0.4, 0.5) is 0 Å². The second kappa shape index (κ2) is 3.48. The minimum absolute atomic E-state index is 0.413. The Balaban J connectivity index is 2.45. The first-order valence-electron chi connectivity index (χ1n) is 3.28. The van der Waals surface area contributed by atoms with E-state index >= 15 is 0 Å². The van der Waals surface area contributed by atoms with Gasteiger partial charge in [-0.3, -0.25) is 0 Å². The summed E-state index contributed by atoms with van der Waals surface area (Å²) in [5.74, 6) is -1.02. The monoisotopic (exact) mass is 234 g/mol. The van der Waals surface area contributed by atoms with Gasteiger partial charge in [-0.25, -0.2) is 0 Å². The lowest BCUT2D eigenvalue weighted by Gasteiger charge is -2.46. The summed E-state index contributed by atoms with van der Waals surface area (Å²) < 4.78 is 13.6. The molecule has 1 fully saturated rings. The molecule has 0 aliphatic carbocycles. The van der Waals surface area contributed by atoms with Crippen LogP contribution in [0.1, 0.15) is 6.42 Å². The molecule has 0 aromatic carbocycles. The molecule has 72 valence electrons. The van der Waals surface area contributed by atoms with E-state index in [4.69, 9.17) is 49.0 Å². The Kier molecular flexibility index (Phi) is 3.14. The average Bonchev–Trinajstić information content (AvgIpc) is 1.85. The number of halogens is 3. The largest absolute Gasteiger partial charge is 0.331 e. The highest BCUT2D eigenvalue weighted by Gasteiger charge is 2.55. The summed E-state index contributed by atoms with van der Waals surface area (Å²) in [7, 11) is 2.94. The van der Waals surface area contributed by atoms with Gasteiger partial charge in [-0.05, 0) is 0 Å². The quantitative estimate of drug-likeness (QED) is 0.542. The molecule has 1 aliphatic rings. The normalized spacial score (nSPS) is 28.2. The Morgan fingerprint density at radius 2 is 1.75 bits per heavy atom. The third kappa shape index (κ3) is 1.97. The summed E-state index contributed by atoms with van der Waals surface area (Å²) in [5.41, 5.74) is 0. The van der Waals surface area contributed by atoms with Crippen LogP contribution in [0.5, 0.6) is 0 Å². The molecule has 3 nitrogen and oxygen atoms in total. The van der Waals surface area contributed by atoms with Crippen molar-refractivity contribution in [2.75, 3.05) is 14.2 Å². The summed E-state index contributed by atoms with van der Waals surface area (Å²) in [6.07, 6.45) is -0.0568. The molecular formula is C6H9Cl3O3. The third-order valence-electron chi connectivity index (χ3n) is 1.74. The fraction of sp³-hybridized carbons (Fsp3) is 1.00. The van der Waals surface area contributed by atoms with E-state index in [0.717, 1.165) is 0 Å². The van der Waals surface area contributed by atoms with Crippen molar-refractivity contribution in [3.8, 4) is 0 Å². The van der Waals surface area contributed by atoms with Crippen LogP contribution in [0.3, 0.4) is 0 Å². The van der Waals surface area contributed by atoms with E-state index in [0.29, 0.717) is 6.42 Å². The number of ether oxygens (including phenoxy) is 3. The van der Waals surface area contributed by atoms with Gasteiger partial charge in [0, 0.05) is 14.2 Å². The maximum absolute atomic E-state index is 5.57. The van der Waals surface area contributed by atoms with Crippen LogP contribution in [-0.4, -0.2) is 30.1 Å². The van der Waals surface area contributed by atoms with Crippen molar-refractivity contribution >= 4 is 34.8 Å². The zero-order valence-electron chi connectivity index (χ0n) is 6.64. The first-order valence-corrected chi connectivity index (χ1v) is 4.42. The lowest BCUT2D eigenvalue weighted by molar-refractivity contribution is -0.444. The van der Waals surface area contributed by atoms with E-state index in [1.165, 1.54) is 14.2 Å². The molecule has 0 N–H and O–H groups in total. The van der Waals surface area contributed by atoms with Gasteiger partial charge in [0.2, 0.25) is 3.79 Å². The molecular weight excluding hydrogens is 226 g/mol. The minimum Gasteiger partial charge on any atom is -0.331 e. The molecule has 0 spiro atoms. The standard InChI is InChI=1S/C6H9Cl3O3/c1-10-5(11-2)3-4(12-5)6(7,8)9/h4H,3H2,1-2H3. The van der Waals surface area contributed by atoms with E-state index < -0.39 is 15.9 Å². The average molecular weight is 235 g/mol. The first-order chi connectivity index (χ1) is 5.43. The van der Waals surface area contributed by atoms with E-state index in [2.05, 4.69) is 0 Å². The van der Waals surface area contributed by atoms with Crippen LogP contribution in [0, 0.1) is 0 Å². The Morgan fingerprint density at radius 3 is 2.00 bits per heavy atom. The van der Waals surface area contributed by atoms with Crippen LogP contribution >= 0.6 is 34.8 Å². The molecule has 0 saturated carbocycles. The Labute approximate surface area is 85.8 Å². The van der Waals surface area contributed by atoms with E-state index in [9.17, 15) is 0 Å². The molecule has 1 rings (SSSR count). The van der Waals surface area contributed by atoms with E-state index in [-0.39, 0.29) is 0 Å². The number of methoxy groups -OCH3 is 2. The SMILES string of the molecule is COC1(OC)CC(C(Cl)(Cl)Cl)O1. The zero-order chi connectivity index (χ0) is 9.41. The molecule has 0 aromatic rings. The highest BCUT2D eigenvalue weighted by molar-refractivity contribution is 6.68. The molecule has 1 atom stereocenters. The van der Waals surface area contributed by atoms with Crippen LogP contribution in [0.15, 0.2) is 0 Å². The predicted molar refractivity (Wildman–Crippen MR) is 46.5 cm³/mol. The fourth-order valence-electron chi connectivity index (χ4n) is 0.963. The van der Waals surface area contributed by atoms with E-state index in [1.807, 2.05) is 0 Å². The van der Waals surface area contributed by atoms with Crippen molar-refractivity contribution in [3.63, 3.8) is 0 Å². The van der Waals surface area contributed by atoms with Crippen molar-refractivity contribution in [1.82, 2.24) is 0 Å². The maximum atomic E-state index is 5.57. The van der Waals surface area contributed by atoms with Crippen molar-refractivity contribution in [1.29, 1.82) is 0 Å². The molecule has 1 heterocycles. The van der Waals surface area contributed by atoms with Crippen molar-refractivity contribution in [3.05, 3.63) is 0 Å². The minimum atomic E-state index is -1.42. The van der Waals surface area contributed by atoms with Crippen molar-refractivity contribution < 1.29 is 14.2 Å².